The van der Waals surface area contributed by atoms with Crippen LogP contribution in [-0.2, 0) is 18.4 Å². The van der Waals surface area contributed by atoms with Gasteiger partial charge in [-0.05, 0) is 50.2 Å². The average Bonchev–Trinajstić information content (AvgIpc) is 3.39. The van der Waals surface area contributed by atoms with Gasteiger partial charge in [-0.2, -0.15) is 0 Å². The van der Waals surface area contributed by atoms with Gasteiger partial charge in [-0.3, -0.25) is 9.59 Å². The van der Waals surface area contributed by atoms with E-state index >= 15 is 0 Å². The molecule has 3 aromatic rings. The molecule has 1 N–H and O–H groups in total. The molecule has 3 rings (SSSR count). The number of nitrogens with one attached hydrogen (secondary N) is 1. The summed E-state index contributed by atoms with van der Waals surface area (Å²) >= 11 is 2.78. The van der Waals surface area contributed by atoms with Gasteiger partial charge in [0.25, 0.3) is 0 Å². The van der Waals surface area contributed by atoms with E-state index in [4.69, 9.17) is 0 Å². The van der Waals surface area contributed by atoms with Crippen LogP contribution < -0.4 is 10.2 Å². The number of benzene rings is 1. The number of carbonyl (C=O) groups is 2. The SMILES string of the molecule is CCN(CC)c1ccc(-c2nnc(SCC(=O)c3ccc(CNC(C)=O)s3)n2C)cc1. The third-order valence-electron chi connectivity index (χ3n) is 4.87. The molecule has 0 radical (unpaired) electrons. The molecule has 2 aromatic heterocycles. The van der Waals surface area contributed by atoms with E-state index in [0.717, 1.165) is 29.4 Å². The lowest BCUT2D eigenvalue weighted by Crippen LogP contribution is -2.21. The maximum Gasteiger partial charge on any atom is 0.217 e. The second-order valence-electron chi connectivity index (χ2n) is 6.97. The minimum absolute atomic E-state index is 0.0391. The Labute approximate surface area is 190 Å². The molecule has 0 unspecified atom stereocenters. The Morgan fingerprint density at radius 2 is 1.81 bits per heavy atom. The first-order chi connectivity index (χ1) is 14.9. The summed E-state index contributed by atoms with van der Waals surface area (Å²) in [5, 5.41) is 12.0. The number of aromatic nitrogens is 3. The largest absolute Gasteiger partial charge is 0.372 e. The molecule has 0 aliphatic rings. The summed E-state index contributed by atoms with van der Waals surface area (Å²) in [5.74, 6) is 1.01. The molecule has 0 saturated carbocycles. The molecule has 0 aliphatic carbocycles. The molecule has 0 saturated heterocycles. The van der Waals surface area contributed by atoms with Crippen molar-refractivity contribution in [1.82, 2.24) is 20.1 Å². The second kappa shape index (κ2) is 10.6. The molecule has 0 aliphatic heterocycles. The molecule has 0 fully saturated rings. The maximum absolute atomic E-state index is 12.6. The molecule has 7 nitrogen and oxygen atoms in total. The molecule has 164 valence electrons. The lowest BCUT2D eigenvalue weighted by atomic mass is 10.2. The second-order valence-corrected chi connectivity index (χ2v) is 9.08. The van der Waals surface area contributed by atoms with E-state index in [1.54, 1.807) is 0 Å². The van der Waals surface area contributed by atoms with E-state index in [2.05, 4.69) is 58.5 Å². The normalized spacial score (nSPS) is 10.8. The molecule has 1 aromatic carbocycles. The van der Waals surface area contributed by atoms with Crippen molar-refractivity contribution in [2.24, 2.45) is 7.05 Å². The highest BCUT2D eigenvalue weighted by Crippen LogP contribution is 2.26. The van der Waals surface area contributed by atoms with E-state index in [0.29, 0.717) is 16.6 Å². The standard InChI is InChI=1S/C22H27N5O2S2/c1-5-27(6-2)17-9-7-16(8-10-17)21-24-25-22(26(21)4)30-14-19(29)20-12-11-18(31-20)13-23-15(3)28/h7-12H,5-6,13-14H2,1-4H3,(H,23,28). The lowest BCUT2D eigenvalue weighted by molar-refractivity contribution is -0.119. The Morgan fingerprint density at radius 3 is 2.45 bits per heavy atom. The fourth-order valence-electron chi connectivity index (χ4n) is 3.14. The summed E-state index contributed by atoms with van der Waals surface area (Å²) in [4.78, 5) is 27.5. The topological polar surface area (TPSA) is 80.1 Å². The summed E-state index contributed by atoms with van der Waals surface area (Å²) < 4.78 is 1.92. The Hall–Kier alpha value is -2.65. The summed E-state index contributed by atoms with van der Waals surface area (Å²) in [6.45, 7) is 8.14. The molecule has 31 heavy (non-hydrogen) atoms. The zero-order valence-corrected chi connectivity index (χ0v) is 19.8. The number of hydrogen-bond donors (Lipinski definition) is 1. The molecule has 2 heterocycles. The third-order valence-corrected chi connectivity index (χ3v) is 7.02. The van der Waals surface area contributed by atoms with Crippen LogP contribution in [0.5, 0.6) is 0 Å². The van der Waals surface area contributed by atoms with Crippen LogP contribution >= 0.6 is 23.1 Å². The monoisotopic (exact) mass is 457 g/mol. The number of thioether (sulfide) groups is 1. The van der Waals surface area contributed by atoms with E-state index in [9.17, 15) is 9.59 Å². The van der Waals surface area contributed by atoms with Crippen LogP contribution in [0.25, 0.3) is 11.4 Å². The number of carbonyl (C=O) groups excluding carboxylic acids is 2. The van der Waals surface area contributed by atoms with Gasteiger partial charge >= 0.3 is 0 Å². The van der Waals surface area contributed by atoms with Crippen LogP contribution in [0.1, 0.15) is 35.3 Å². The summed E-state index contributed by atoms with van der Waals surface area (Å²) in [5.41, 5.74) is 2.18. The Morgan fingerprint density at radius 1 is 1.10 bits per heavy atom. The van der Waals surface area contributed by atoms with Gasteiger partial charge in [-0.25, -0.2) is 0 Å². The molecule has 0 atom stereocenters. The van der Waals surface area contributed by atoms with Crippen LogP contribution in [0, 0.1) is 0 Å². The highest BCUT2D eigenvalue weighted by Gasteiger charge is 2.15. The Bertz CT molecular complexity index is 1040. The van der Waals surface area contributed by atoms with Crippen LogP contribution in [0.3, 0.4) is 0 Å². The number of nitrogens with zero attached hydrogens (tertiary/aromatic N) is 4. The first-order valence-corrected chi connectivity index (χ1v) is 12.0. The van der Waals surface area contributed by atoms with Gasteiger partial charge < -0.3 is 14.8 Å². The smallest absolute Gasteiger partial charge is 0.217 e. The zero-order chi connectivity index (χ0) is 22.4. The first kappa shape index (κ1) is 23.0. The highest BCUT2D eigenvalue weighted by atomic mass is 32.2. The zero-order valence-electron chi connectivity index (χ0n) is 18.2. The fourth-order valence-corrected chi connectivity index (χ4v) is 4.91. The lowest BCUT2D eigenvalue weighted by Gasteiger charge is -2.21. The third kappa shape index (κ3) is 5.74. The number of rotatable bonds is 10. The van der Waals surface area contributed by atoms with Gasteiger partial charge in [0.1, 0.15) is 0 Å². The molecule has 0 spiro atoms. The van der Waals surface area contributed by atoms with Gasteiger partial charge in [0, 0.05) is 43.2 Å². The number of thiophene rings is 1. The average molecular weight is 458 g/mol. The van der Waals surface area contributed by atoms with Gasteiger partial charge in [-0.1, -0.05) is 11.8 Å². The van der Waals surface area contributed by atoms with Crippen molar-refractivity contribution in [3.8, 4) is 11.4 Å². The Balaban J connectivity index is 1.63. The Kier molecular flexibility index (Phi) is 7.86. The summed E-state index contributed by atoms with van der Waals surface area (Å²) in [6, 6.07) is 12.0. The van der Waals surface area contributed by atoms with Crippen LogP contribution in [-0.4, -0.2) is 45.3 Å². The predicted octanol–water partition coefficient (Wildman–Crippen LogP) is 4.00. The molecule has 9 heteroatoms. The molecule has 0 bridgehead atoms. The van der Waals surface area contributed by atoms with Gasteiger partial charge in [0.15, 0.2) is 16.8 Å². The van der Waals surface area contributed by atoms with Crippen molar-refractivity contribution in [1.29, 1.82) is 0 Å². The molecular weight excluding hydrogens is 430 g/mol. The quantitative estimate of drug-likeness (QED) is 0.366. The van der Waals surface area contributed by atoms with E-state index in [1.165, 1.54) is 35.7 Å². The van der Waals surface area contributed by atoms with Crippen molar-refractivity contribution in [2.45, 2.75) is 32.5 Å². The van der Waals surface area contributed by atoms with Crippen LogP contribution in [0.4, 0.5) is 5.69 Å². The number of amides is 1. The highest BCUT2D eigenvalue weighted by molar-refractivity contribution is 7.99. The van der Waals surface area contributed by atoms with Gasteiger partial charge in [-0.15, -0.1) is 21.5 Å². The number of anilines is 1. The predicted molar refractivity (Wildman–Crippen MR) is 127 cm³/mol. The first-order valence-electron chi connectivity index (χ1n) is 10.2. The van der Waals surface area contributed by atoms with Crippen molar-refractivity contribution in [3.63, 3.8) is 0 Å². The number of hydrogen-bond acceptors (Lipinski definition) is 7. The fraction of sp³-hybridized carbons (Fsp3) is 0.364. The number of Topliss-reactive ketones (excluding diaryl/α,β-unsaturated/α-hetero) is 1. The van der Waals surface area contributed by atoms with E-state index in [-0.39, 0.29) is 17.4 Å². The minimum atomic E-state index is -0.0855. The van der Waals surface area contributed by atoms with Gasteiger partial charge in [0.05, 0.1) is 17.2 Å². The summed E-state index contributed by atoms with van der Waals surface area (Å²) in [7, 11) is 1.91. The number of ketones is 1. The van der Waals surface area contributed by atoms with E-state index < -0.39 is 0 Å². The molecular formula is C22H27N5O2S2. The van der Waals surface area contributed by atoms with Gasteiger partial charge in [0.2, 0.25) is 5.91 Å². The van der Waals surface area contributed by atoms with Crippen LogP contribution in [0.2, 0.25) is 0 Å². The van der Waals surface area contributed by atoms with E-state index in [1.807, 2.05) is 23.7 Å². The molecule has 1 amide bonds. The van der Waals surface area contributed by atoms with Crippen molar-refractivity contribution in [3.05, 3.63) is 46.2 Å². The minimum Gasteiger partial charge on any atom is -0.372 e. The van der Waals surface area contributed by atoms with Crippen molar-refractivity contribution in [2.75, 3.05) is 23.7 Å². The van der Waals surface area contributed by atoms with Crippen molar-refractivity contribution < 1.29 is 9.59 Å². The summed E-state index contributed by atoms with van der Waals surface area (Å²) in [6.07, 6.45) is 0. The maximum atomic E-state index is 12.6. The van der Waals surface area contributed by atoms with Crippen molar-refractivity contribution >= 4 is 40.5 Å². The van der Waals surface area contributed by atoms with Crippen LogP contribution in [0.15, 0.2) is 41.6 Å².